The van der Waals surface area contributed by atoms with Gasteiger partial charge in [0.05, 0.1) is 23.9 Å². The molecule has 1 saturated heterocycles. The fourth-order valence-corrected chi connectivity index (χ4v) is 3.97. The van der Waals surface area contributed by atoms with E-state index in [-0.39, 0.29) is 25.5 Å². The van der Waals surface area contributed by atoms with Gasteiger partial charge in [-0.25, -0.2) is 0 Å². The predicted molar refractivity (Wildman–Crippen MR) is 123 cm³/mol. The largest absolute Gasteiger partial charge is 0.496 e. The molecule has 8 nitrogen and oxygen atoms in total. The van der Waals surface area contributed by atoms with Crippen molar-refractivity contribution in [2.24, 2.45) is 5.41 Å². The number of para-hydroxylation sites is 1. The second-order valence-electron chi connectivity index (χ2n) is 8.12. The monoisotopic (exact) mass is 457 g/mol. The molecule has 172 valence electrons. The Labute approximate surface area is 197 Å². The molecule has 1 fully saturated rings. The zero-order valence-electron chi connectivity index (χ0n) is 18.6. The van der Waals surface area contributed by atoms with Crippen LogP contribution in [-0.2, 0) is 4.79 Å². The van der Waals surface area contributed by atoms with E-state index in [0.29, 0.717) is 34.9 Å². The third-order valence-electron chi connectivity index (χ3n) is 5.99. The standard InChI is InChI=1S/C26H23N3O5/c1-33-23-5-3-2-4-21(23)24(30)29-13-12-26(16-29,25(31)32)17-34-20-9-7-19(8-10-20)22-11-6-18(14-27)15-28-22/h2-11,15H,12-13,16-17H2,1H3,(H,31,32). The van der Waals surface area contributed by atoms with Gasteiger partial charge in [-0.05, 0) is 55.0 Å². The van der Waals surface area contributed by atoms with Crippen LogP contribution in [0.15, 0.2) is 66.9 Å². The molecule has 1 aliphatic rings. The zero-order chi connectivity index (χ0) is 24.1. The molecular weight excluding hydrogens is 434 g/mol. The van der Waals surface area contributed by atoms with Crippen LogP contribution in [-0.4, -0.2) is 53.7 Å². The Morgan fingerprint density at radius 2 is 1.91 bits per heavy atom. The molecular formula is C26H23N3O5. The highest BCUT2D eigenvalue weighted by Gasteiger charge is 2.47. The summed E-state index contributed by atoms with van der Waals surface area (Å²) >= 11 is 0. The summed E-state index contributed by atoms with van der Waals surface area (Å²) in [4.78, 5) is 31.0. The van der Waals surface area contributed by atoms with E-state index in [2.05, 4.69) is 4.98 Å². The van der Waals surface area contributed by atoms with Gasteiger partial charge in [0.2, 0.25) is 0 Å². The molecule has 2 aromatic carbocycles. The minimum atomic E-state index is -1.20. The van der Waals surface area contributed by atoms with E-state index in [0.717, 1.165) is 5.56 Å². The third-order valence-corrected chi connectivity index (χ3v) is 5.99. The topological polar surface area (TPSA) is 113 Å². The van der Waals surface area contributed by atoms with Crippen LogP contribution >= 0.6 is 0 Å². The minimum absolute atomic E-state index is 0.0481. The number of likely N-dealkylation sites (tertiary alicyclic amines) is 1. The summed E-state index contributed by atoms with van der Waals surface area (Å²) in [6, 6.07) is 19.5. The maximum atomic E-state index is 13.0. The van der Waals surface area contributed by atoms with Crippen molar-refractivity contribution in [3.05, 3.63) is 78.0 Å². The molecule has 0 bridgehead atoms. The number of carbonyl (C=O) groups excluding carboxylic acids is 1. The Bertz CT molecular complexity index is 1230. The number of carboxylic acid groups (broad SMARTS) is 1. The minimum Gasteiger partial charge on any atom is -0.496 e. The second kappa shape index (κ2) is 9.63. The number of carbonyl (C=O) groups is 2. The van der Waals surface area contributed by atoms with E-state index in [9.17, 15) is 14.7 Å². The lowest BCUT2D eigenvalue weighted by molar-refractivity contribution is -0.149. The smallest absolute Gasteiger partial charge is 0.315 e. The summed E-state index contributed by atoms with van der Waals surface area (Å²) in [5.41, 5.74) is 1.25. The molecule has 0 saturated carbocycles. The Hall–Kier alpha value is -4.38. The van der Waals surface area contributed by atoms with Gasteiger partial charge in [-0.15, -0.1) is 0 Å². The highest BCUT2D eigenvalue weighted by molar-refractivity contribution is 5.97. The number of nitriles is 1. The Morgan fingerprint density at radius 1 is 1.15 bits per heavy atom. The van der Waals surface area contributed by atoms with Crippen LogP contribution in [0.25, 0.3) is 11.3 Å². The normalized spacial score (nSPS) is 17.1. The average molecular weight is 457 g/mol. The van der Waals surface area contributed by atoms with E-state index < -0.39 is 11.4 Å². The number of aromatic nitrogens is 1. The molecule has 34 heavy (non-hydrogen) atoms. The van der Waals surface area contributed by atoms with Crippen LogP contribution in [0.5, 0.6) is 11.5 Å². The van der Waals surface area contributed by atoms with Crippen molar-refractivity contribution in [2.75, 3.05) is 26.8 Å². The molecule has 8 heteroatoms. The molecule has 1 aliphatic heterocycles. The zero-order valence-corrected chi connectivity index (χ0v) is 18.6. The van der Waals surface area contributed by atoms with Crippen molar-refractivity contribution in [3.8, 4) is 28.8 Å². The van der Waals surface area contributed by atoms with Crippen molar-refractivity contribution in [3.63, 3.8) is 0 Å². The summed E-state index contributed by atoms with van der Waals surface area (Å²) in [5.74, 6) is -0.290. The summed E-state index contributed by atoms with van der Waals surface area (Å²) in [6.07, 6.45) is 1.80. The number of hydrogen-bond donors (Lipinski definition) is 1. The third kappa shape index (κ3) is 4.55. The number of methoxy groups -OCH3 is 1. The van der Waals surface area contributed by atoms with Crippen LogP contribution in [0.3, 0.4) is 0 Å². The van der Waals surface area contributed by atoms with Gasteiger partial charge in [-0.2, -0.15) is 5.26 Å². The number of aliphatic carboxylic acids is 1. The van der Waals surface area contributed by atoms with Gasteiger partial charge in [-0.3, -0.25) is 14.6 Å². The number of carboxylic acids is 1. The first-order valence-electron chi connectivity index (χ1n) is 10.7. The molecule has 0 aliphatic carbocycles. The first kappa shape index (κ1) is 22.8. The van der Waals surface area contributed by atoms with Gasteiger partial charge in [0.15, 0.2) is 0 Å². The first-order valence-corrected chi connectivity index (χ1v) is 10.7. The highest BCUT2D eigenvalue weighted by atomic mass is 16.5. The highest BCUT2D eigenvalue weighted by Crippen LogP contribution is 2.34. The second-order valence-corrected chi connectivity index (χ2v) is 8.12. The van der Waals surface area contributed by atoms with E-state index in [1.54, 1.807) is 48.5 Å². The summed E-state index contributed by atoms with van der Waals surface area (Å²) in [5, 5.41) is 18.9. The van der Waals surface area contributed by atoms with Crippen molar-refractivity contribution in [2.45, 2.75) is 6.42 Å². The Balaban J connectivity index is 1.44. The number of benzene rings is 2. The number of ether oxygens (including phenoxy) is 2. The summed E-state index contributed by atoms with van der Waals surface area (Å²) in [7, 11) is 1.49. The van der Waals surface area contributed by atoms with Crippen molar-refractivity contribution >= 4 is 11.9 Å². The molecule has 1 aromatic heterocycles. The number of rotatable bonds is 7. The quantitative estimate of drug-likeness (QED) is 0.576. The lowest BCUT2D eigenvalue weighted by Gasteiger charge is -2.25. The molecule has 4 rings (SSSR count). The average Bonchev–Trinajstić information content (AvgIpc) is 3.33. The molecule has 1 atom stereocenters. The van der Waals surface area contributed by atoms with Crippen molar-refractivity contribution in [1.82, 2.24) is 9.88 Å². The predicted octanol–water partition coefficient (Wildman–Crippen LogP) is 3.62. The Kier molecular flexibility index (Phi) is 6.46. The fraction of sp³-hybridized carbons (Fsp3) is 0.231. The number of pyridine rings is 1. The molecule has 0 radical (unpaired) electrons. The molecule has 1 unspecified atom stereocenters. The van der Waals surface area contributed by atoms with E-state index in [1.165, 1.54) is 18.2 Å². The molecule has 1 N–H and O–H groups in total. The van der Waals surface area contributed by atoms with Crippen LogP contribution in [0.4, 0.5) is 0 Å². The summed E-state index contributed by atoms with van der Waals surface area (Å²) < 4.78 is 11.1. The van der Waals surface area contributed by atoms with Gasteiger partial charge in [0.1, 0.15) is 29.6 Å². The van der Waals surface area contributed by atoms with Gasteiger partial charge in [0.25, 0.3) is 5.91 Å². The van der Waals surface area contributed by atoms with E-state index >= 15 is 0 Å². The maximum Gasteiger partial charge on any atom is 0.315 e. The van der Waals surface area contributed by atoms with Gasteiger partial charge in [0, 0.05) is 24.8 Å². The SMILES string of the molecule is COc1ccccc1C(=O)N1CCC(COc2ccc(-c3ccc(C#N)cn3)cc2)(C(=O)O)C1. The number of hydrogen-bond acceptors (Lipinski definition) is 6. The summed E-state index contributed by atoms with van der Waals surface area (Å²) in [6.45, 7) is 0.300. The number of nitrogens with zero attached hydrogens (tertiary/aromatic N) is 3. The van der Waals surface area contributed by atoms with Crippen LogP contribution < -0.4 is 9.47 Å². The lowest BCUT2D eigenvalue weighted by atomic mass is 9.88. The van der Waals surface area contributed by atoms with Gasteiger partial charge < -0.3 is 19.5 Å². The fourth-order valence-electron chi connectivity index (χ4n) is 3.97. The molecule has 0 spiro atoms. The van der Waals surface area contributed by atoms with Gasteiger partial charge >= 0.3 is 5.97 Å². The number of amides is 1. The van der Waals surface area contributed by atoms with Crippen LogP contribution in [0.1, 0.15) is 22.3 Å². The van der Waals surface area contributed by atoms with Crippen LogP contribution in [0, 0.1) is 16.7 Å². The maximum absolute atomic E-state index is 13.0. The first-order chi connectivity index (χ1) is 16.5. The van der Waals surface area contributed by atoms with Crippen molar-refractivity contribution < 1.29 is 24.2 Å². The van der Waals surface area contributed by atoms with Crippen LogP contribution in [0.2, 0.25) is 0 Å². The van der Waals surface area contributed by atoms with Gasteiger partial charge in [-0.1, -0.05) is 12.1 Å². The molecule has 1 amide bonds. The molecule has 2 heterocycles. The van der Waals surface area contributed by atoms with E-state index in [4.69, 9.17) is 14.7 Å². The van der Waals surface area contributed by atoms with Crippen molar-refractivity contribution in [1.29, 1.82) is 5.26 Å². The molecule has 3 aromatic rings. The Morgan fingerprint density at radius 3 is 2.56 bits per heavy atom. The van der Waals surface area contributed by atoms with E-state index in [1.807, 2.05) is 18.2 Å². The lowest BCUT2D eigenvalue weighted by Crippen LogP contribution is -2.41.